The van der Waals surface area contributed by atoms with Gasteiger partial charge in [-0.15, -0.1) is 0 Å². The van der Waals surface area contributed by atoms with Crippen LogP contribution in [0.5, 0.6) is 5.75 Å². The summed E-state index contributed by atoms with van der Waals surface area (Å²) in [6.45, 7) is 0.490. The zero-order valence-corrected chi connectivity index (χ0v) is 17.1. The quantitative estimate of drug-likeness (QED) is 0.316. The standard InChI is InChI=1S/C23H23N3O5/c1-31-17-9-6-15(7-10-17)12-13-24-20-11-8-16(14-21(20)26(29)30)25-22(27)18-4-2-3-5-19(18)23(25)28/h2-3,6-11,14,18-19,24H,4-5,12-13H2,1H3/t18-,19+. The van der Waals surface area contributed by atoms with E-state index in [0.717, 1.165) is 16.2 Å². The number of nitro benzene ring substituents is 1. The molecule has 0 bridgehead atoms. The van der Waals surface area contributed by atoms with Crippen LogP contribution in [-0.2, 0) is 16.0 Å². The van der Waals surface area contributed by atoms with Crippen LogP contribution in [0.2, 0.25) is 0 Å². The van der Waals surface area contributed by atoms with E-state index in [9.17, 15) is 19.7 Å². The Hall–Kier alpha value is -3.68. The van der Waals surface area contributed by atoms with Crippen molar-refractivity contribution in [2.75, 3.05) is 23.9 Å². The smallest absolute Gasteiger partial charge is 0.294 e. The monoisotopic (exact) mass is 421 g/mol. The van der Waals surface area contributed by atoms with Crippen LogP contribution in [0, 0.1) is 22.0 Å². The van der Waals surface area contributed by atoms with Gasteiger partial charge < -0.3 is 10.1 Å². The molecule has 2 atom stereocenters. The van der Waals surface area contributed by atoms with Crippen LogP contribution in [0.25, 0.3) is 0 Å². The number of benzene rings is 2. The highest BCUT2D eigenvalue weighted by Crippen LogP contribution is 2.39. The summed E-state index contributed by atoms with van der Waals surface area (Å²) >= 11 is 0. The molecule has 1 aliphatic carbocycles. The largest absolute Gasteiger partial charge is 0.497 e. The van der Waals surface area contributed by atoms with Gasteiger partial charge in [0.1, 0.15) is 11.4 Å². The van der Waals surface area contributed by atoms with Crippen molar-refractivity contribution in [2.24, 2.45) is 11.8 Å². The van der Waals surface area contributed by atoms with Crippen molar-refractivity contribution in [3.05, 3.63) is 70.3 Å². The van der Waals surface area contributed by atoms with Crippen LogP contribution >= 0.6 is 0 Å². The molecule has 0 radical (unpaired) electrons. The van der Waals surface area contributed by atoms with Crippen molar-refractivity contribution in [3.8, 4) is 5.75 Å². The highest BCUT2D eigenvalue weighted by molar-refractivity contribution is 6.22. The molecule has 1 saturated heterocycles. The van der Waals surface area contributed by atoms with Crippen molar-refractivity contribution in [3.63, 3.8) is 0 Å². The summed E-state index contributed by atoms with van der Waals surface area (Å²) in [5, 5.41) is 14.8. The Bertz CT molecular complexity index is 1020. The summed E-state index contributed by atoms with van der Waals surface area (Å²) in [5.74, 6) is -0.551. The number of amides is 2. The van der Waals surface area contributed by atoms with Gasteiger partial charge in [-0.3, -0.25) is 19.7 Å². The number of rotatable bonds is 7. The molecule has 2 aromatic rings. The van der Waals surface area contributed by atoms with Crippen LogP contribution in [0.3, 0.4) is 0 Å². The molecule has 1 heterocycles. The maximum Gasteiger partial charge on any atom is 0.294 e. The number of fused-ring (bicyclic) bond motifs is 1. The minimum atomic E-state index is -0.501. The number of carbonyl (C=O) groups excluding carboxylic acids is 2. The average Bonchev–Trinajstić information content (AvgIpc) is 3.04. The second kappa shape index (κ2) is 8.59. The molecule has 1 N–H and O–H groups in total. The molecule has 8 nitrogen and oxygen atoms in total. The molecule has 160 valence electrons. The first-order chi connectivity index (χ1) is 15.0. The van der Waals surface area contributed by atoms with Crippen LogP contribution < -0.4 is 15.0 Å². The summed E-state index contributed by atoms with van der Waals surface area (Å²) in [7, 11) is 1.60. The maximum absolute atomic E-state index is 12.8. The number of methoxy groups -OCH3 is 1. The second-order valence-corrected chi connectivity index (χ2v) is 7.65. The zero-order valence-electron chi connectivity index (χ0n) is 17.1. The van der Waals surface area contributed by atoms with Crippen molar-refractivity contribution >= 4 is 28.9 Å². The summed E-state index contributed by atoms with van der Waals surface area (Å²) in [6, 6.07) is 12.1. The van der Waals surface area contributed by atoms with E-state index in [-0.39, 0.29) is 35.0 Å². The number of hydrogen-bond acceptors (Lipinski definition) is 6. The Morgan fingerprint density at radius 3 is 2.29 bits per heavy atom. The van der Waals surface area contributed by atoms with Crippen LogP contribution in [0.4, 0.5) is 17.1 Å². The molecule has 4 rings (SSSR count). The number of allylic oxidation sites excluding steroid dienone is 2. The van der Waals surface area contributed by atoms with Gasteiger partial charge in [-0.05, 0) is 49.1 Å². The summed E-state index contributed by atoms with van der Waals surface area (Å²) in [6.07, 6.45) is 5.54. The molecule has 2 aromatic carbocycles. The minimum absolute atomic E-state index is 0.166. The van der Waals surface area contributed by atoms with Gasteiger partial charge in [-0.2, -0.15) is 0 Å². The lowest BCUT2D eigenvalue weighted by Gasteiger charge is -2.16. The first kappa shape index (κ1) is 20.6. The SMILES string of the molecule is COc1ccc(CCNc2ccc(N3C(=O)[C@H]4CC=CC[C@H]4C3=O)cc2[N+](=O)[O-])cc1. The van der Waals surface area contributed by atoms with Gasteiger partial charge in [0, 0.05) is 12.6 Å². The predicted molar refractivity (Wildman–Crippen MR) is 116 cm³/mol. The van der Waals surface area contributed by atoms with Crippen LogP contribution in [0.1, 0.15) is 18.4 Å². The van der Waals surface area contributed by atoms with Crippen LogP contribution in [0.15, 0.2) is 54.6 Å². The van der Waals surface area contributed by atoms with E-state index >= 15 is 0 Å². The van der Waals surface area contributed by atoms with Crippen molar-refractivity contribution in [1.29, 1.82) is 0 Å². The van der Waals surface area contributed by atoms with E-state index in [1.807, 2.05) is 36.4 Å². The lowest BCUT2D eigenvalue weighted by molar-refractivity contribution is -0.383. The summed E-state index contributed by atoms with van der Waals surface area (Å²) < 4.78 is 5.14. The highest BCUT2D eigenvalue weighted by Gasteiger charge is 2.48. The first-order valence-electron chi connectivity index (χ1n) is 10.2. The lowest BCUT2D eigenvalue weighted by Crippen LogP contribution is -2.30. The van der Waals surface area contributed by atoms with Crippen LogP contribution in [-0.4, -0.2) is 30.4 Å². The normalized spacial score (nSPS) is 20.0. The second-order valence-electron chi connectivity index (χ2n) is 7.65. The highest BCUT2D eigenvalue weighted by atomic mass is 16.6. The van der Waals surface area contributed by atoms with Gasteiger partial charge >= 0.3 is 0 Å². The fraction of sp³-hybridized carbons (Fsp3) is 0.304. The maximum atomic E-state index is 12.8. The molecule has 0 aromatic heterocycles. The number of nitro groups is 1. The van der Waals surface area contributed by atoms with E-state index < -0.39 is 4.92 Å². The molecule has 2 amide bonds. The predicted octanol–water partition coefficient (Wildman–Crippen LogP) is 3.71. The third-order valence-corrected chi connectivity index (χ3v) is 5.83. The fourth-order valence-electron chi connectivity index (χ4n) is 4.15. The Kier molecular flexibility index (Phi) is 5.70. The van der Waals surface area contributed by atoms with Gasteiger partial charge in [0.25, 0.3) is 5.69 Å². The van der Waals surface area contributed by atoms with Gasteiger partial charge in [0.05, 0.1) is 29.6 Å². The third-order valence-electron chi connectivity index (χ3n) is 5.83. The summed E-state index contributed by atoms with van der Waals surface area (Å²) in [5.41, 5.74) is 1.50. The van der Waals surface area contributed by atoms with E-state index in [0.29, 0.717) is 31.5 Å². The minimum Gasteiger partial charge on any atom is -0.497 e. The topological polar surface area (TPSA) is 102 Å². The molecule has 1 aliphatic heterocycles. The van der Waals surface area contributed by atoms with Gasteiger partial charge in [-0.1, -0.05) is 24.3 Å². The molecule has 2 aliphatic rings. The number of nitrogens with one attached hydrogen (secondary N) is 1. The number of anilines is 2. The van der Waals surface area contributed by atoms with Gasteiger partial charge in [0.2, 0.25) is 11.8 Å². The average molecular weight is 421 g/mol. The number of imide groups is 1. The van der Waals surface area contributed by atoms with Crippen molar-refractivity contribution < 1.29 is 19.2 Å². The van der Waals surface area contributed by atoms with E-state index in [1.165, 1.54) is 6.07 Å². The number of ether oxygens (including phenoxy) is 1. The zero-order chi connectivity index (χ0) is 22.0. The van der Waals surface area contributed by atoms with E-state index in [1.54, 1.807) is 19.2 Å². The molecular weight excluding hydrogens is 398 g/mol. The third kappa shape index (κ3) is 4.01. The molecule has 1 fully saturated rings. The number of nitrogens with zero attached hydrogens (tertiary/aromatic N) is 2. The molecule has 8 heteroatoms. The Balaban J connectivity index is 1.49. The van der Waals surface area contributed by atoms with Crippen molar-refractivity contribution in [2.45, 2.75) is 19.3 Å². The fourth-order valence-corrected chi connectivity index (χ4v) is 4.15. The first-order valence-corrected chi connectivity index (χ1v) is 10.2. The molecule has 0 saturated carbocycles. The van der Waals surface area contributed by atoms with Gasteiger partial charge in [0.15, 0.2) is 0 Å². The van der Waals surface area contributed by atoms with E-state index in [4.69, 9.17) is 4.74 Å². The molecular formula is C23H23N3O5. The number of carbonyl (C=O) groups is 2. The van der Waals surface area contributed by atoms with E-state index in [2.05, 4.69) is 5.32 Å². The Labute approximate surface area is 179 Å². The van der Waals surface area contributed by atoms with Crippen molar-refractivity contribution in [1.82, 2.24) is 0 Å². The lowest BCUT2D eigenvalue weighted by atomic mass is 9.85. The Morgan fingerprint density at radius 2 is 1.71 bits per heavy atom. The number of hydrogen-bond donors (Lipinski definition) is 1. The van der Waals surface area contributed by atoms with Gasteiger partial charge in [-0.25, -0.2) is 4.90 Å². The molecule has 0 spiro atoms. The molecule has 31 heavy (non-hydrogen) atoms. The Morgan fingerprint density at radius 1 is 1.06 bits per heavy atom. The molecule has 0 unspecified atom stereocenters. The summed E-state index contributed by atoms with van der Waals surface area (Å²) in [4.78, 5) is 37.8.